The van der Waals surface area contributed by atoms with Gasteiger partial charge in [-0.1, -0.05) is 11.6 Å². The summed E-state index contributed by atoms with van der Waals surface area (Å²) in [6, 6.07) is 5.60. The molecule has 4 nitrogen and oxygen atoms in total. The Balaban J connectivity index is 2.05. The number of carbonyl (C=O) groups excluding carboxylic acids is 1. The molecule has 2 N–H and O–H groups in total. The third kappa shape index (κ3) is 3.19. The van der Waals surface area contributed by atoms with Gasteiger partial charge >= 0.3 is 0 Å². The number of piperidine rings is 1. The first-order valence-corrected chi connectivity index (χ1v) is 6.87. The molecule has 0 aromatic heterocycles. The summed E-state index contributed by atoms with van der Waals surface area (Å²) < 4.78 is 0. The monoisotopic (exact) mass is 281 g/mol. The number of nitrogens with two attached hydrogens (primary N) is 1. The molecule has 1 amide bonds. The van der Waals surface area contributed by atoms with Crippen LogP contribution in [-0.4, -0.2) is 48.9 Å². The molecule has 19 heavy (non-hydrogen) atoms. The molecule has 1 fully saturated rings. The molecule has 0 spiro atoms. The Morgan fingerprint density at radius 2 is 2.00 bits per heavy atom. The van der Waals surface area contributed by atoms with Gasteiger partial charge in [0.15, 0.2) is 0 Å². The molecule has 2 rings (SSSR count). The minimum absolute atomic E-state index is 0.00590. The van der Waals surface area contributed by atoms with Crippen molar-refractivity contribution in [3.8, 4) is 0 Å². The van der Waals surface area contributed by atoms with E-state index in [0.29, 0.717) is 22.3 Å². The molecule has 1 aliphatic heterocycles. The van der Waals surface area contributed by atoms with Crippen molar-refractivity contribution >= 4 is 23.2 Å². The van der Waals surface area contributed by atoms with Gasteiger partial charge in [-0.15, -0.1) is 0 Å². The number of hydrogen-bond donors (Lipinski definition) is 1. The van der Waals surface area contributed by atoms with Crippen LogP contribution in [0.2, 0.25) is 5.02 Å². The number of nitrogen functional groups attached to an aromatic ring is 1. The Kier molecular flexibility index (Phi) is 4.32. The summed E-state index contributed by atoms with van der Waals surface area (Å²) in [4.78, 5) is 16.5. The van der Waals surface area contributed by atoms with Crippen molar-refractivity contribution in [1.29, 1.82) is 0 Å². The number of halogens is 1. The van der Waals surface area contributed by atoms with Crippen LogP contribution in [0.3, 0.4) is 0 Å². The van der Waals surface area contributed by atoms with E-state index in [4.69, 9.17) is 17.3 Å². The number of rotatable bonds is 2. The van der Waals surface area contributed by atoms with Crippen LogP contribution >= 0.6 is 11.6 Å². The van der Waals surface area contributed by atoms with E-state index in [0.717, 1.165) is 25.9 Å². The summed E-state index contributed by atoms with van der Waals surface area (Å²) in [5, 5.41) is 0.556. The third-order valence-electron chi connectivity index (χ3n) is 3.73. The minimum Gasteiger partial charge on any atom is -0.398 e. The van der Waals surface area contributed by atoms with E-state index in [-0.39, 0.29) is 5.91 Å². The van der Waals surface area contributed by atoms with Crippen molar-refractivity contribution in [3.63, 3.8) is 0 Å². The van der Waals surface area contributed by atoms with Crippen molar-refractivity contribution in [1.82, 2.24) is 9.80 Å². The zero-order chi connectivity index (χ0) is 14.0. The highest BCUT2D eigenvalue weighted by molar-refractivity contribution is 6.31. The molecule has 1 heterocycles. The summed E-state index contributed by atoms with van der Waals surface area (Å²) in [6.45, 7) is 1.56. The van der Waals surface area contributed by atoms with Crippen molar-refractivity contribution in [2.45, 2.75) is 18.9 Å². The zero-order valence-electron chi connectivity index (χ0n) is 11.4. The Hall–Kier alpha value is -1.26. The number of likely N-dealkylation sites (tertiary alicyclic amines) is 1. The van der Waals surface area contributed by atoms with Gasteiger partial charge in [-0.25, -0.2) is 0 Å². The lowest BCUT2D eigenvalue weighted by molar-refractivity contribution is 0.0664. The predicted molar refractivity (Wildman–Crippen MR) is 78.5 cm³/mol. The van der Waals surface area contributed by atoms with E-state index in [1.54, 1.807) is 18.2 Å². The van der Waals surface area contributed by atoms with Gasteiger partial charge in [-0.05, 0) is 45.1 Å². The molecule has 0 aliphatic carbocycles. The Labute approximate surface area is 119 Å². The Bertz CT molecular complexity index is 468. The number of anilines is 1. The second kappa shape index (κ2) is 5.80. The predicted octanol–water partition coefficient (Wildman–Crippen LogP) is 2.09. The fraction of sp³-hybridized carbons (Fsp3) is 0.500. The molecule has 1 aromatic rings. The van der Waals surface area contributed by atoms with E-state index >= 15 is 0 Å². The number of hydrogen-bond acceptors (Lipinski definition) is 3. The SMILES string of the molecule is CN(C)C1CCN(C(=O)c2ccc(Cl)cc2N)CC1. The van der Waals surface area contributed by atoms with Crippen LogP contribution in [0.1, 0.15) is 23.2 Å². The zero-order valence-corrected chi connectivity index (χ0v) is 12.2. The van der Waals surface area contributed by atoms with E-state index < -0.39 is 0 Å². The highest BCUT2D eigenvalue weighted by atomic mass is 35.5. The highest BCUT2D eigenvalue weighted by Gasteiger charge is 2.25. The fourth-order valence-corrected chi connectivity index (χ4v) is 2.66. The molecule has 1 saturated heterocycles. The smallest absolute Gasteiger partial charge is 0.255 e. The Morgan fingerprint density at radius 3 is 2.53 bits per heavy atom. The van der Waals surface area contributed by atoms with Crippen LogP contribution in [0.25, 0.3) is 0 Å². The van der Waals surface area contributed by atoms with E-state index in [1.807, 2.05) is 4.90 Å². The summed E-state index contributed by atoms with van der Waals surface area (Å²) in [5.74, 6) is 0.00590. The summed E-state index contributed by atoms with van der Waals surface area (Å²) in [5.41, 5.74) is 6.86. The maximum Gasteiger partial charge on any atom is 0.255 e. The maximum absolute atomic E-state index is 12.4. The average Bonchev–Trinajstić information content (AvgIpc) is 2.38. The molecule has 0 bridgehead atoms. The van der Waals surface area contributed by atoms with Gasteiger partial charge in [0.05, 0.1) is 5.56 Å². The molecule has 0 atom stereocenters. The van der Waals surface area contributed by atoms with Crippen LogP contribution < -0.4 is 5.73 Å². The normalized spacial score (nSPS) is 16.9. The van der Waals surface area contributed by atoms with Crippen LogP contribution in [0.5, 0.6) is 0 Å². The Morgan fingerprint density at radius 1 is 1.37 bits per heavy atom. The van der Waals surface area contributed by atoms with Crippen LogP contribution in [0, 0.1) is 0 Å². The number of carbonyl (C=O) groups is 1. The third-order valence-corrected chi connectivity index (χ3v) is 3.96. The van der Waals surface area contributed by atoms with Gasteiger partial charge in [-0.3, -0.25) is 4.79 Å². The highest BCUT2D eigenvalue weighted by Crippen LogP contribution is 2.22. The fourth-order valence-electron chi connectivity index (χ4n) is 2.48. The minimum atomic E-state index is 0.00590. The molecular formula is C14H20ClN3O. The van der Waals surface area contributed by atoms with Gasteiger partial charge in [0.2, 0.25) is 0 Å². The summed E-state index contributed by atoms with van der Waals surface area (Å²) in [6.07, 6.45) is 2.01. The molecule has 0 saturated carbocycles. The molecule has 5 heteroatoms. The van der Waals surface area contributed by atoms with Crippen molar-refractivity contribution in [3.05, 3.63) is 28.8 Å². The lowest BCUT2D eigenvalue weighted by Crippen LogP contribution is -2.44. The maximum atomic E-state index is 12.4. The first kappa shape index (κ1) is 14.2. The van der Waals surface area contributed by atoms with Gasteiger partial charge in [0.25, 0.3) is 5.91 Å². The molecule has 0 unspecified atom stereocenters. The van der Waals surface area contributed by atoms with Gasteiger partial charge in [-0.2, -0.15) is 0 Å². The number of benzene rings is 1. The van der Waals surface area contributed by atoms with Crippen LogP contribution in [0.15, 0.2) is 18.2 Å². The standard InChI is InChI=1S/C14H20ClN3O/c1-17(2)11-5-7-18(8-6-11)14(19)12-4-3-10(15)9-13(12)16/h3-4,9,11H,5-8,16H2,1-2H3. The quantitative estimate of drug-likeness (QED) is 0.845. The van der Waals surface area contributed by atoms with Crippen molar-refractivity contribution in [2.24, 2.45) is 0 Å². The van der Waals surface area contributed by atoms with Crippen LogP contribution in [0.4, 0.5) is 5.69 Å². The average molecular weight is 282 g/mol. The number of amides is 1. The van der Waals surface area contributed by atoms with Gasteiger partial charge < -0.3 is 15.5 Å². The second-order valence-electron chi connectivity index (χ2n) is 5.22. The second-order valence-corrected chi connectivity index (χ2v) is 5.65. The van der Waals surface area contributed by atoms with Gasteiger partial charge in [0.1, 0.15) is 0 Å². The molecule has 1 aliphatic rings. The summed E-state index contributed by atoms with van der Waals surface area (Å²) >= 11 is 5.85. The van der Waals surface area contributed by atoms with E-state index in [1.165, 1.54) is 0 Å². The topological polar surface area (TPSA) is 49.6 Å². The molecule has 1 aromatic carbocycles. The molecule has 0 radical (unpaired) electrons. The van der Waals surface area contributed by atoms with Crippen molar-refractivity contribution < 1.29 is 4.79 Å². The molecular weight excluding hydrogens is 262 g/mol. The molecule has 104 valence electrons. The number of nitrogens with zero attached hydrogens (tertiary/aromatic N) is 2. The lowest BCUT2D eigenvalue weighted by Gasteiger charge is -2.35. The van der Waals surface area contributed by atoms with E-state index in [9.17, 15) is 4.79 Å². The van der Waals surface area contributed by atoms with Gasteiger partial charge in [0, 0.05) is 29.8 Å². The first-order chi connectivity index (χ1) is 8.99. The van der Waals surface area contributed by atoms with E-state index in [2.05, 4.69) is 19.0 Å². The first-order valence-electron chi connectivity index (χ1n) is 6.50. The lowest BCUT2D eigenvalue weighted by atomic mass is 10.0. The summed E-state index contributed by atoms with van der Waals surface area (Å²) in [7, 11) is 4.17. The largest absolute Gasteiger partial charge is 0.398 e. The van der Waals surface area contributed by atoms with Crippen molar-refractivity contribution in [2.75, 3.05) is 32.9 Å². The van der Waals surface area contributed by atoms with Crippen LogP contribution in [-0.2, 0) is 0 Å².